The zero-order chi connectivity index (χ0) is 23.4. The Bertz CT molecular complexity index is 1140. The number of carboxylic acids is 1. The summed E-state index contributed by atoms with van der Waals surface area (Å²) in [7, 11) is 1.64. The molecule has 1 aliphatic heterocycles. The Morgan fingerprint density at radius 2 is 1.45 bits per heavy atom. The molecule has 0 bridgehead atoms. The molecule has 170 valence electrons. The van der Waals surface area contributed by atoms with E-state index >= 15 is 0 Å². The van der Waals surface area contributed by atoms with E-state index < -0.39 is 17.7 Å². The van der Waals surface area contributed by atoms with Crippen LogP contribution in [0.4, 0.5) is 21.5 Å². The number of benzene rings is 3. The van der Waals surface area contributed by atoms with Crippen LogP contribution in [0.2, 0.25) is 0 Å². The fourth-order valence-corrected chi connectivity index (χ4v) is 3.83. The number of nitrogens with one attached hydrogen (secondary N) is 1. The predicted octanol–water partition coefficient (Wildman–Crippen LogP) is 4.11. The van der Waals surface area contributed by atoms with Crippen molar-refractivity contribution < 1.29 is 23.8 Å². The molecule has 0 aliphatic carbocycles. The zero-order valence-corrected chi connectivity index (χ0v) is 18.1. The standard InChI is InChI=1S/C25H24FN3O4/c1-33-21-9-6-19(7-10-21)28-12-14-29(15-13-28)20-8-11-23(22(16-20)25(31)32)27-24(30)17-2-4-18(26)5-3-17/h2-11,16H,12-15H2,1H3,(H,27,30)(H,31,32). The van der Waals surface area contributed by atoms with Crippen LogP contribution in [0.15, 0.2) is 66.7 Å². The summed E-state index contributed by atoms with van der Waals surface area (Å²) in [5.74, 6) is -1.28. The average Bonchev–Trinajstić information content (AvgIpc) is 2.84. The molecule has 1 aliphatic rings. The number of nitrogens with zero attached hydrogens (tertiary/aromatic N) is 2. The first-order valence-corrected chi connectivity index (χ1v) is 10.5. The summed E-state index contributed by atoms with van der Waals surface area (Å²) in [6, 6.07) is 17.9. The van der Waals surface area contributed by atoms with E-state index in [9.17, 15) is 19.1 Å². The van der Waals surface area contributed by atoms with Crippen LogP contribution in [0.1, 0.15) is 20.7 Å². The molecule has 3 aromatic rings. The van der Waals surface area contributed by atoms with E-state index in [1.54, 1.807) is 25.3 Å². The number of carbonyl (C=O) groups excluding carboxylic acids is 1. The van der Waals surface area contributed by atoms with Crippen molar-refractivity contribution in [3.05, 3.63) is 83.7 Å². The van der Waals surface area contributed by atoms with Gasteiger partial charge in [-0.25, -0.2) is 9.18 Å². The third kappa shape index (κ3) is 5.06. The number of piperazine rings is 1. The first-order chi connectivity index (χ1) is 15.9. The van der Waals surface area contributed by atoms with Gasteiger partial charge in [0.05, 0.1) is 18.4 Å². The Kier molecular flexibility index (Phi) is 6.44. The first kappa shape index (κ1) is 22.1. The topological polar surface area (TPSA) is 82.1 Å². The highest BCUT2D eigenvalue weighted by atomic mass is 19.1. The van der Waals surface area contributed by atoms with Crippen molar-refractivity contribution in [3.63, 3.8) is 0 Å². The lowest BCUT2D eigenvalue weighted by Crippen LogP contribution is -2.46. The third-order valence-corrected chi connectivity index (χ3v) is 5.67. The van der Waals surface area contributed by atoms with Gasteiger partial charge in [-0.15, -0.1) is 0 Å². The van der Waals surface area contributed by atoms with Gasteiger partial charge in [-0.2, -0.15) is 0 Å². The molecule has 0 spiro atoms. The van der Waals surface area contributed by atoms with Gasteiger partial charge in [0.15, 0.2) is 0 Å². The summed E-state index contributed by atoms with van der Waals surface area (Å²) in [6.45, 7) is 3.04. The van der Waals surface area contributed by atoms with Crippen LogP contribution in [0, 0.1) is 5.82 Å². The number of halogens is 1. The highest BCUT2D eigenvalue weighted by Gasteiger charge is 2.21. The molecule has 1 fully saturated rings. The number of hydrogen-bond acceptors (Lipinski definition) is 5. The summed E-state index contributed by atoms with van der Waals surface area (Å²) < 4.78 is 18.3. The molecule has 0 atom stereocenters. The second-order valence-electron chi connectivity index (χ2n) is 7.67. The number of methoxy groups -OCH3 is 1. The summed E-state index contributed by atoms with van der Waals surface area (Å²) >= 11 is 0. The minimum absolute atomic E-state index is 0.000505. The number of anilines is 3. The smallest absolute Gasteiger partial charge is 0.337 e. The van der Waals surface area contributed by atoms with Gasteiger partial charge in [0, 0.05) is 43.1 Å². The quantitative estimate of drug-likeness (QED) is 0.590. The van der Waals surface area contributed by atoms with Gasteiger partial charge < -0.3 is 25.0 Å². The molecule has 0 unspecified atom stereocenters. The number of ether oxygens (including phenoxy) is 1. The molecule has 7 nitrogen and oxygen atoms in total. The van der Waals surface area contributed by atoms with Crippen LogP contribution in [-0.2, 0) is 0 Å². The summed E-state index contributed by atoms with van der Waals surface area (Å²) in [5, 5.41) is 12.3. The summed E-state index contributed by atoms with van der Waals surface area (Å²) in [4.78, 5) is 28.7. The van der Waals surface area contributed by atoms with Crippen molar-refractivity contribution in [1.82, 2.24) is 0 Å². The van der Waals surface area contributed by atoms with Crippen molar-refractivity contribution in [2.24, 2.45) is 0 Å². The number of hydrogen-bond donors (Lipinski definition) is 2. The van der Waals surface area contributed by atoms with Gasteiger partial charge in [0.2, 0.25) is 0 Å². The molecule has 2 N–H and O–H groups in total. The Morgan fingerprint density at radius 1 is 0.879 bits per heavy atom. The largest absolute Gasteiger partial charge is 0.497 e. The Morgan fingerprint density at radius 3 is 2.03 bits per heavy atom. The minimum atomic E-state index is -1.14. The predicted molar refractivity (Wildman–Crippen MR) is 125 cm³/mol. The third-order valence-electron chi connectivity index (χ3n) is 5.67. The van der Waals surface area contributed by atoms with Crippen LogP contribution in [0.3, 0.4) is 0 Å². The van der Waals surface area contributed by atoms with Crippen LogP contribution in [0.25, 0.3) is 0 Å². The zero-order valence-electron chi connectivity index (χ0n) is 18.1. The minimum Gasteiger partial charge on any atom is -0.497 e. The molecule has 4 rings (SSSR count). The van der Waals surface area contributed by atoms with Crippen LogP contribution >= 0.6 is 0 Å². The van der Waals surface area contributed by atoms with Crippen molar-refractivity contribution in [1.29, 1.82) is 0 Å². The molecule has 1 amide bonds. The Labute approximate surface area is 191 Å². The normalized spacial score (nSPS) is 13.5. The molecule has 0 aromatic heterocycles. The summed E-state index contributed by atoms with van der Waals surface area (Å²) in [6.07, 6.45) is 0. The lowest BCUT2D eigenvalue weighted by molar-refractivity contribution is 0.0698. The molecule has 0 radical (unpaired) electrons. The SMILES string of the molecule is COc1ccc(N2CCN(c3ccc(NC(=O)c4ccc(F)cc4)c(C(=O)O)c3)CC2)cc1. The monoisotopic (exact) mass is 449 g/mol. The fraction of sp³-hybridized carbons (Fsp3) is 0.200. The second-order valence-corrected chi connectivity index (χ2v) is 7.67. The van der Waals surface area contributed by atoms with Gasteiger partial charge in [-0.1, -0.05) is 0 Å². The lowest BCUT2D eigenvalue weighted by atomic mass is 10.1. The Hall–Kier alpha value is -4.07. The molecular formula is C25H24FN3O4. The molecular weight excluding hydrogens is 425 g/mol. The number of rotatable bonds is 6. The van der Waals surface area contributed by atoms with Crippen LogP contribution < -0.4 is 19.9 Å². The van der Waals surface area contributed by atoms with Crippen molar-refractivity contribution in [2.75, 3.05) is 48.4 Å². The Balaban J connectivity index is 1.45. The number of amides is 1. The molecule has 0 saturated carbocycles. The van der Waals surface area contributed by atoms with E-state index in [0.29, 0.717) is 0 Å². The van der Waals surface area contributed by atoms with E-state index in [2.05, 4.69) is 15.1 Å². The van der Waals surface area contributed by atoms with E-state index in [1.165, 1.54) is 24.3 Å². The maximum absolute atomic E-state index is 13.1. The number of carboxylic acid groups (broad SMARTS) is 1. The maximum atomic E-state index is 13.1. The number of aromatic carboxylic acids is 1. The van der Waals surface area contributed by atoms with Gasteiger partial charge in [-0.05, 0) is 66.7 Å². The molecule has 3 aromatic carbocycles. The second kappa shape index (κ2) is 9.60. The number of carbonyl (C=O) groups is 2. The van der Waals surface area contributed by atoms with Crippen LogP contribution in [0.5, 0.6) is 5.75 Å². The van der Waals surface area contributed by atoms with Crippen molar-refractivity contribution in [2.45, 2.75) is 0 Å². The first-order valence-electron chi connectivity index (χ1n) is 10.5. The van der Waals surface area contributed by atoms with Gasteiger partial charge in [-0.3, -0.25) is 4.79 Å². The fourth-order valence-electron chi connectivity index (χ4n) is 3.83. The van der Waals surface area contributed by atoms with Gasteiger partial charge in [0.1, 0.15) is 11.6 Å². The van der Waals surface area contributed by atoms with E-state index in [0.717, 1.165) is 43.3 Å². The molecule has 8 heteroatoms. The highest BCUT2D eigenvalue weighted by molar-refractivity contribution is 6.08. The van der Waals surface area contributed by atoms with Crippen molar-refractivity contribution in [3.8, 4) is 5.75 Å². The van der Waals surface area contributed by atoms with Crippen LogP contribution in [-0.4, -0.2) is 50.3 Å². The van der Waals surface area contributed by atoms with E-state index in [1.807, 2.05) is 24.3 Å². The van der Waals surface area contributed by atoms with E-state index in [-0.39, 0.29) is 16.8 Å². The maximum Gasteiger partial charge on any atom is 0.337 e. The van der Waals surface area contributed by atoms with Gasteiger partial charge in [0.25, 0.3) is 5.91 Å². The molecule has 1 saturated heterocycles. The molecule has 1 heterocycles. The van der Waals surface area contributed by atoms with Gasteiger partial charge >= 0.3 is 5.97 Å². The van der Waals surface area contributed by atoms with E-state index in [4.69, 9.17) is 4.74 Å². The summed E-state index contributed by atoms with van der Waals surface area (Å²) in [5.41, 5.74) is 2.33. The lowest BCUT2D eigenvalue weighted by Gasteiger charge is -2.37. The highest BCUT2D eigenvalue weighted by Crippen LogP contribution is 2.27. The van der Waals surface area contributed by atoms with Crippen molar-refractivity contribution >= 4 is 28.9 Å². The molecule has 33 heavy (non-hydrogen) atoms. The average molecular weight is 449 g/mol.